The van der Waals surface area contributed by atoms with Crippen molar-refractivity contribution in [2.24, 2.45) is 4.99 Å². The van der Waals surface area contributed by atoms with Crippen molar-refractivity contribution < 1.29 is 4.79 Å². The van der Waals surface area contributed by atoms with Crippen molar-refractivity contribution in [3.8, 4) is 0 Å². The summed E-state index contributed by atoms with van der Waals surface area (Å²) in [5.41, 5.74) is 4.15. The number of hydrogen-bond acceptors (Lipinski definition) is 4. The van der Waals surface area contributed by atoms with Crippen LogP contribution in [0.3, 0.4) is 0 Å². The van der Waals surface area contributed by atoms with Crippen LogP contribution in [0.25, 0.3) is 0 Å². The van der Waals surface area contributed by atoms with Crippen LogP contribution in [0.5, 0.6) is 0 Å². The average Bonchev–Trinajstić information content (AvgIpc) is 3.35. The summed E-state index contributed by atoms with van der Waals surface area (Å²) in [5, 5.41) is 3.42. The van der Waals surface area contributed by atoms with E-state index < -0.39 is 5.41 Å². The summed E-state index contributed by atoms with van der Waals surface area (Å²) in [4.78, 5) is 25.3. The fourth-order valence-electron chi connectivity index (χ4n) is 4.90. The molecule has 5 nitrogen and oxygen atoms in total. The van der Waals surface area contributed by atoms with E-state index in [1.807, 2.05) is 29.2 Å². The third-order valence-electron chi connectivity index (χ3n) is 6.70. The van der Waals surface area contributed by atoms with Crippen molar-refractivity contribution in [2.45, 2.75) is 44.4 Å². The molecule has 0 aliphatic carbocycles. The van der Waals surface area contributed by atoms with Crippen molar-refractivity contribution in [3.05, 3.63) is 70.9 Å². The van der Waals surface area contributed by atoms with Crippen LogP contribution in [0.4, 0.5) is 5.82 Å². The van der Waals surface area contributed by atoms with Crippen LogP contribution in [-0.2, 0) is 16.6 Å². The normalized spacial score (nSPS) is 24.2. The van der Waals surface area contributed by atoms with E-state index in [1.54, 1.807) is 0 Å². The molecular formula is C25H28N4O. The van der Waals surface area contributed by atoms with E-state index in [-0.39, 0.29) is 5.91 Å². The molecule has 3 aliphatic heterocycles. The first-order valence-electron chi connectivity index (χ1n) is 11.0. The Hall–Kier alpha value is -2.95. The molecule has 1 unspecified atom stereocenters. The standard InChI is InChI=1S/C25H28N4O/c1-25(19-9-4-2-5-10-19)14-7-3-6-11-20-12-8-13-22(27-20)28-23-21-17-29(24(25)30)16-18(21)15-26-23/h2,4-5,8-10,12-13H,3,6-7,11,14-17H2,1H3,(H,26,27,28). The fourth-order valence-corrected chi connectivity index (χ4v) is 4.90. The summed E-state index contributed by atoms with van der Waals surface area (Å²) < 4.78 is 0. The second-order valence-corrected chi connectivity index (χ2v) is 8.81. The molecule has 1 atom stereocenters. The molecular weight excluding hydrogens is 372 g/mol. The summed E-state index contributed by atoms with van der Waals surface area (Å²) in [7, 11) is 0. The largest absolute Gasteiger partial charge is 0.333 e. The van der Waals surface area contributed by atoms with Crippen LogP contribution in [0.2, 0.25) is 0 Å². The summed E-state index contributed by atoms with van der Waals surface area (Å²) in [5.74, 6) is 1.95. The molecule has 5 heteroatoms. The van der Waals surface area contributed by atoms with Gasteiger partial charge in [0.1, 0.15) is 11.7 Å². The smallest absolute Gasteiger partial charge is 0.233 e. The van der Waals surface area contributed by atoms with Gasteiger partial charge in [0.05, 0.1) is 12.0 Å². The molecule has 4 heterocycles. The molecule has 0 spiro atoms. The van der Waals surface area contributed by atoms with E-state index in [4.69, 9.17) is 9.98 Å². The van der Waals surface area contributed by atoms with Gasteiger partial charge < -0.3 is 10.2 Å². The highest BCUT2D eigenvalue weighted by Crippen LogP contribution is 2.35. The molecule has 1 amide bonds. The van der Waals surface area contributed by atoms with Gasteiger partial charge in [0.25, 0.3) is 0 Å². The second-order valence-electron chi connectivity index (χ2n) is 8.81. The maximum absolute atomic E-state index is 13.8. The van der Waals surface area contributed by atoms with Gasteiger partial charge in [-0.2, -0.15) is 0 Å². The Bertz CT molecular complexity index is 1030. The predicted molar refractivity (Wildman–Crippen MR) is 120 cm³/mol. The zero-order chi connectivity index (χ0) is 20.6. The lowest BCUT2D eigenvalue weighted by Gasteiger charge is -2.34. The summed E-state index contributed by atoms with van der Waals surface area (Å²) in [6, 6.07) is 16.5. The van der Waals surface area contributed by atoms with Crippen molar-refractivity contribution in [1.29, 1.82) is 0 Å². The third kappa shape index (κ3) is 3.42. The van der Waals surface area contributed by atoms with E-state index in [1.165, 1.54) is 11.1 Å². The fraction of sp³-hybridized carbons (Fsp3) is 0.400. The van der Waals surface area contributed by atoms with Crippen LogP contribution in [-0.4, -0.2) is 41.3 Å². The number of carbonyl (C=O) groups excluding carboxylic acids is 1. The number of pyridine rings is 1. The number of nitrogens with one attached hydrogen (secondary N) is 1. The number of amidine groups is 1. The number of aliphatic imine (C=N–C) groups is 1. The number of aryl methyl sites for hydroxylation is 1. The molecule has 30 heavy (non-hydrogen) atoms. The van der Waals surface area contributed by atoms with Gasteiger partial charge in [0.15, 0.2) is 0 Å². The molecule has 0 fully saturated rings. The first-order valence-corrected chi connectivity index (χ1v) is 11.0. The number of nitrogens with zero attached hydrogens (tertiary/aromatic N) is 3. The van der Waals surface area contributed by atoms with Gasteiger partial charge >= 0.3 is 0 Å². The predicted octanol–water partition coefficient (Wildman–Crippen LogP) is 4.12. The van der Waals surface area contributed by atoms with Gasteiger partial charge in [-0.15, -0.1) is 0 Å². The molecule has 0 saturated heterocycles. The maximum Gasteiger partial charge on any atom is 0.233 e. The summed E-state index contributed by atoms with van der Waals surface area (Å²) in [6.07, 6.45) is 5.02. The van der Waals surface area contributed by atoms with Crippen LogP contribution < -0.4 is 5.32 Å². The van der Waals surface area contributed by atoms with Gasteiger partial charge in [0.2, 0.25) is 5.91 Å². The Balaban J connectivity index is 1.48. The molecule has 0 saturated carbocycles. The number of fused-ring (bicyclic) bond motifs is 3. The molecule has 4 bridgehead atoms. The lowest BCUT2D eigenvalue weighted by atomic mass is 9.76. The van der Waals surface area contributed by atoms with Gasteiger partial charge in [-0.3, -0.25) is 9.79 Å². The molecule has 1 aromatic heterocycles. The highest BCUT2D eigenvalue weighted by atomic mass is 16.2. The van der Waals surface area contributed by atoms with Crippen molar-refractivity contribution >= 4 is 17.6 Å². The zero-order valence-corrected chi connectivity index (χ0v) is 17.5. The van der Waals surface area contributed by atoms with Crippen LogP contribution in [0.1, 0.15) is 43.9 Å². The Morgan fingerprint density at radius 1 is 1.00 bits per heavy atom. The number of amides is 1. The van der Waals surface area contributed by atoms with Crippen LogP contribution >= 0.6 is 0 Å². The van der Waals surface area contributed by atoms with Gasteiger partial charge in [-0.05, 0) is 49.5 Å². The number of carbonyl (C=O) groups is 1. The van der Waals surface area contributed by atoms with Crippen molar-refractivity contribution in [3.63, 3.8) is 0 Å². The van der Waals surface area contributed by atoms with E-state index in [2.05, 4.69) is 36.5 Å². The highest BCUT2D eigenvalue weighted by molar-refractivity contribution is 6.11. The molecule has 5 rings (SSSR count). The number of aromatic nitrogens is 1. The second kappa shape index (κ2) is 7.71. The minimum absolute atomic E-state index is 0.232. The van der Waals surface area contributed by atoms with Crippen LogP contribution in [0, 0.1) is 0 Å². The first-order chi connectivity index (χ1) is 14.6. The van der Waals surface area contributed by atoms with E-state index in [0.29, 0.717) is 19.6 Å². The number of rotatable bonds is 1. The van der Waals surface area contributed by atoms with Crippen molar-refractivity contribution in [2.75, 3.05) is 25.0 Å². The summed E-state index contributed by atoms with van der Waals surface area (Å²) in [6.45, 7) is 4.11. The first kappa shape index (κ1) is 19.0. The molecule has 0 radical (unpaired) electrons. The Labute approximate surface area is 177 Å². The van der Waals surface area contributed by atoms with Gasteiger partial charge in [-0.25, -0.2) is 4.98 Å². The monoisotopic (exact) mass is 400 g/mol. The number of hydrogen-bond donors (Lipinski definition) is 1. The molecule has 3 aliphatic rings. The molecule has 1 N–H and O–H groups in total. The number of benzene rings is 1. The quantitative estimate of drug-likeness (QED) is 0.783. The van der Waals surface area contributed by atoms with Gasteiger partial charge in [0, 0.05) is 24.4 Å². The minimum Gasteiger partial charge on any atom is -0.333 e. The van der Waals surface area contributed by atoms with Gasteiger partial charge in [-0.1, -0.05) is 49.2 Å². The molecule has 154 valence electrons. The third-order valence-corrected chi connectivity index (χ3v) is 6.70. The Morgan fingerprint density at radius 3 is 2.73 bits per heavy atom. The van der Waals surface area contributed by atoms with E-state index >= 15 is 0 Å². The average molecular weight is 401 g/mol. The Kier molecular flexibility index (Phi) is 4.89. The topological polar surface area (TPSA) is 57.6 Å². The van der Waals surface area contributed by atoms with Crippen LogP contribution in [0.15, 0.2) is 64.7 Å². The Morgan fingerprint density at radius 2 is 1.87 bits per heavy atom. The maximum atomic E-state index is 13.8. The lowest BCUT2D eigenvalue weighted by molar-refractivity contribution is -0.136. The minimum atomic E-state index is -0.498. The SMILES string of the molecule is CC1(c2ccccc2)CCCCCc2cccc(n2)NC2=NCC3=C2CN(C3)C1=O. The summed E-state index contributed by atoms with van der Waals surface area (Å²) >= 11 is 0. The number of anilines is 1. The molecule has 2 aromatic rings. The lowest BCUT2D eigenvalue weighted by Crippen LogP contribution is -2.45. The molecule has 1 aromatic carbocycles. The highest BCUT2D eigenvalue weighted by Gasteiger charge is 2.41. The van der Waals surface area contributed by atoms with E-state index in [9.17, 15) is 4.79 Å². The van der Waals surface area contributed by atoms with Crippen molar-refractivity contribution in [1.82, 2.24) is 9.88 Å². The van der Waals surface area contributed by atoms with E-state index in [0.717, 1.165) is 55.0 Å². The zero-order valence-electron chi connectivity index (χ0n) is 17.5.